The Kier molecular flexibility index (Phi) is 11.2. The minimum absolute atomic E-state index is 0.651. The summed E-state index contributed by atoms with van der Waals surface area (Å²) in [7, 11) is 0. The van der Waals surface area contributed by atoms with Gasteiger partial charge in [-0.3, -0.25) is 0 Å². The number of hydrogen-bond donors (Lipinski definition) is 1. The van der Waals surface area contributed by atoms with E-state index in [9.17, 15) is 4.79 Å². The van der Waals surface area contributed by atoms with Gasteiger partial charge < -0.3 is 14.6 Å². The summed E-state index contributed by atoms with van der Waals surface area (Å²) in [5, 5.41) is 8.77. The van der Waals surface area contributed by atoms with E-state index in [1.807, 2.05) is 18.2 Å². The summed E-state index contributed by atoms with van der Waals surface area (Å²) in [6.45, 7) is 5.70. The first-order valence-corrected chi connectivity index (χ1v) is 9.48. The van der Waals surface area contributed by atoms with Gasteiger partial charge in [-0.2, -0.15) is 0 Å². The second kappa shape index (κ2) is 13.3. The molecule has 0 saturated heterocycles. The summed E-state index contributed by atoms with van der Waals surface area (Å²) in [4.78, 5) is 10.7. The molecule has 1 aromatic rings. The maximum absolute atomic E-state index is 10.7. The minimum atomic E-state index is -0.960. The third-order valence-electron chi connectivity index (χ3n) is 3.90. The van der Waals surface area contributed by atoms with Gasteiger partial charge in [0.05, 0.1) is 13.2 Å². The van der Waals surface area contributed by atoms with E-state index in [1.54, 1.807) is 6.08 Å². The van der Waals surface area contributed by atoms with Crippen molar-refractivity contribution in [2.24, 2.45) is 0 Å². The van der Waals surface area contributed by atoms with Crippen LogP contribution in [0.3, 0.4) is 0 Å². The molecule has 0 saturated carbocycles. The molecule has 0 aliphatic rings. The van der Waals surface area contributed by atoms with E-state index in [1.165, 1.54) is 32.1 Å². The topological polar surface area (TPSA) is 55.8 Å². The molecule has 0 spiro atoms. The number of hydrogen-bond acceptors (Lipinski definition) is 3. The van der Waals surface area contributed by atoms with Crippen molar-refractivity contribution in [3.05, 3.63) is 29.8 Å². The number of benzene rings is 1. The molecule has 1 N–H and O–H groups in total. The molecule has 0 radical (unpaired) electrons. The van der Waals surface area contributed by atoms with Gasteiger partial charge in [0, 0.05) is 6.08 Å². The Bertz CT molecular complexity index is 523. The first kappa shape index (κ1) is 21.1. The molecule has 0 aromatic heterocycles. The van der Waals surface area contributed by atoms with E-state index >= 15 is 0 Å². The maximum atomic E-state index is 10.7. The minimum Gasteiger partial charge on any atom is -0.490 e. The van der Waals surface area contributed by atoms with Gasteiger partial charge >= 0.3 is 5.97 Å². The van der Waals surface area contributed by atoms with Crippen LogP contribution in [0.25, 0.3) is 6.08 Å². The van der Waals surface area contributed by atoms with Crippen LogP contribution >= 0.6 is 0 Å². The summed E-state index contributed by atoms with van der Waals surface area (Å²) in [5.74, 6) is 0.470. The molecule has 1 rings (SSSR count). The Morgan fingerprint density at radius 3 is 2.08 bits per heavy atom. The normalized spacial score (nSPS) is 11.0. The number of ether oxygens (including phenoxy) is 2. The van der Waals surface area contributed by atoms with Crippen LogP contribution in [0, 0.1) is 0 Å². The molecule has 4 heteroatoms. The highest BCUT2D eigenvalue weighted by Gasteiger charge is 2.07. The molecule has 0 amide bonds. The summed E-state index contributed by atoms with van der Waals surface area (Å²) in [6.07, 6.45) is 11.9. The van der Waals surface area contributed by atoms with Crippen molar-refractivity contribution in [1.29, 1.82) is 0 Å². The van der Waals surface area contributed by atoms with Crippen molar-refractivity contribution >= 4 is 12.0 Å². The molecule has 0 heterocycles. The van der Waals surface area contributed by atoms with Crippen molar-refractivity contribution < 1.29 is 19.4 Å². The molecule has 0 bridgehead atoms. The number of rotatable bonds is 14. The van der Waals surface area contributed by atoms with Gasteiger partial charge in [-0.15, -0.1) is 0 Å². The molecule has 1 aromatic carbocycles. The predicted octanol–water partition coefficient (Wildman–Crippen LogP) is 5.70. The SMILES string of the molecule is CCCCCCOc1ccc(/C=C/C(=O)O)cc1OCCCCCC. The lowest BCUT2D eigenvalue weighted by atomic mass is 10.2. The Balaban J connectivity index is 2.66. The standard InChI is InChI=1S/C21H32O4/c1-3-5-7-9-15-24-19-13-11-18(12-14-21(22)23)17-20(19)25-16-10-8-6-4-2/h11-14,17H,3-10,15-16H2,1-2H3,(H,22,23)/b14-12+. The van der Waals surface area contributed by atoms with Crippen molar-refractivity contribution in [2.75, 3.05) is 13.2 Å². The lowest BCUT2D eigenvalue weighted by molar-refractivity contribution is -0.131. The fourth-order valence-electron chi connectivity index (χ4n) is 2.45. The number of unbranched alkanes of at least 4 members (excludes halogenated alkanes) is 6. The Hall–Kier alpha value is -1.97. The molecule has 4 nitrogen and oxygen atoms in total. The van der Waals surface area contributed by atoms with Gasteiger partial charge in [0.15, 0.2) is 11.5 Å². The fraction of sp³-hybridized carbons (Fsp3) is 0.571. The Morgan fingerprint density at radius 2 is 1.52 bits per heavy atom. The molecular weight excluding hydrogens is 316 g/mol. The lowest BCUT2D eigenvalue weighted by Gasteiger charge is -2.13. The summed E-state index contributed by atoms with van der Waals surface area (Å²) in [6, 6.07) is 5.56. The number of carboxylic acids is 1. The fourth-order valence-corrected chi connectivity index (χ4v) is 2.45. The molecular formula is C21H32O4. The third-order valence-corrected chi connectivity index (χ3v) is 3.90. The van der Waals surface area contributed by atoms with Crippen LogP contribution in [-0.4, -0.2) is 24.3 Å². The zero-order valence-electron chi connectivity index (χ0n) is 15.6. The molecule has 0 aliphatic heterocycles. The first-order valence-electron chi connectivity index (χ1n) is 9.48. The highest BCUT2D eigenvalue weighted by Crippen LogP contribution is 2.29. The second-order valence-electron chi connectivity index (χ2n) is 6.20. The Labute approximate surface area is 151 Å². The Morgan fingerprint density at radius 1 is 0.920 bits per heavy atom. The molecule has 0 atom stereocenters. The van der Waals surface area contributed by atoms with Crippen LogP contribution in [-0.2, 0) is 4.79 Å². The van der Waals surface area contributed by atoms with E-state index in [-0.39, 0.29) is 0 Å². The van der Waals surface area contributed by atoms with Crippen LogP contribution in [0.4, 0.5) is 0 Å². The summed E-state index contributed by atoms with van der Waals surface area (Å²) < 4.78 is 11.8. The highest BCUT2D eigenvalue weighted by atomic mass is 16.5. The van der Waals surface area contributed by atoms with Crippen LogP contribution < -0.4 is 9.47 Å². The van der Waals surface area contributed by atoms with E-state index in [2.05, 4.69) is 13.8 Å². The van der Waals surface area contributed by atoms with Crippen molar-refractivity contribution in [2.45, 2.75) is 65.2 Å². The average Bonchev–Trinajstić information content (AvgIpc) is 2.60. The van der Waals surface area contributed by atoms with Crippen LogP contribution in [0.15, 0.2) is 24.3 Å². The molecule has 0 unspecified atom stereocenters. The van der Waals surface area contributed by atoms with Gasteiger partial charge in [0.2, 0.25) is 0 Å². The number of carbonyl (C=O) groups is 1. The largest absolute Gasteiger partial charge is 0.490 e. The quantitative estimate of drug-likeness (QED) is 0.346. The zero-order valence-corrected chi connectivity index (χ0v) is 15.6. The predicted molar refractivity (Wildman–Crippen MR) is 102 cm³/mol. The monoisotopic (exact) mass is 348 g/mol. The second-order valence-corrected chi connectivity index (χ2v) is 6.20. The van der Waals surface area contributed by atoms with Gasteiger partial charge in [0.25, 0.3) is 0 Å². The third kappa shape index (κ3) is 9.80. The van der Waals surface area contributed by atoms with Crippen molar-refractivity contribution in [3.63, 3.8) is 0 Å². The van der Waals surface area contributed by atoms with Gasteiger partial charge in [-0.1, -0.05) is 58.4 Å². The van der Waals surface area contributed by atoms with Crippen molar-refractivity contribution in [1.82, 2.24) is 0 Å². The smallest absolute Gasteiger partial charge is 0.328 e. The van der Waals surface area contributed by atoms with Crippen LogP contribution in [0.5, 0.6) is 11.5 Å². The molecule has 25 heavy (non-hydrogen) atoms. The highest BCUT2D eigenvalue weighted by molar-refractivity contribution is 5.85. The maximum Gasteiger partial charge on any atom is 0.328 e. The van der Waals surface area contributed by atoms with E-state index in [0.717, 1.165) is 36.7 Å². The van der Waals surface area contributed by atoms with Gasteiger partial charge in [-0.05, 0) is 36.6 Å². The van der Waals surface area contributed by atoms with E-state index in [4.69, 9.17) is 14.6 Å². The zero-order chi connectivity index (χ0) is 18.3. The average molecular weight is 348 g/mol. The first-order chi connectivity index (χ1) is 12.2. The summed E-state index contributed by atoms with van der Waals surface area (Å²) >= 11 is 0. The lowest BCUT2D eigenvalue weighted by Crippen LogP contribution is -2.03. The molecule has 0 aliphatic carbocycles. The van der Waals surface area contributed by atoms with E-state index < -0.39 is 5.97 Å². The van der Waals surface area contributed by atoms with Crippen molar-refractivity contribution in [3.8, 4) is 11.5 Å². The van der Waals surface area contributed by atoms with E-state index in [0.29, 0.717) is 19.0 Å². The number of aliphatic carboxylic acids is 1. The number of carboxylic acid groups (broad SMARTS) is 1. The van der Waals surface area contributed by atoms with Crippen LogP contribution in [0.2, 0.25) is 0 Å². The molecule has 0 fully saturated rings. The summed E-state index contributed by atoms with van der Waals surface area (Å²) in [5.41, 5.74) is 0.796. The van der Waals surface area contributed by atoms with Gasteiger partial charge in [-0.25, -0.2) is 4.79 Å². The van der Waals surface area contributed by atoms with Gasteiger partial charge in [0.1, 0.15) is 0 Å². The van der Waals surface area contributed by atoms with Crippen LogP contribution in [0.1, 0.15) is 70.8 Å². The molecule has 140 valence electrons.